The largest absolute Gasteiger partial charge is 0.356 e. The van der Waals surface area contributed by atoms with Crippen molar-refractivity contribution in [3.05, 3.63) is 18.2 Å². The number of anilines is 2. The molecule has 3 N–H and O–H groups in total. The Bertz CT molecular complexity index is 319. The van der Waals surface area contributed by atoms with E-state index < -0.39 is 0 Å². The van der Waals surface area contributed by atoms with Gasteiger partial charge < -0.3 is 10.3 Å². The average Bonchev–Trinajstić information content (AvgIpc) is 2.35. The molecule has 1 unspecified atom stereocenters. The predicted molar refractivity (Wildman–Crippen MR) is 72.9 cm³/mol. The van der Waals surface area contributed by atoms with Gasteiger partial charge in [-0.15, -0.1) is 0 Å². The zero-order valence-electron chi connectivity index (χ0n) is 10.1. The Morgan fingerprint density at radius 3 is 2.88 bits per heavy atom. The first-order valence-corrected chi connectivity index (χ1v) is 6.77. The number of hydrazine groups is 1. The summed E-state index contributed by atoms with van der Waals surface area (Å²) in [4.78, 5) is 6.63. The lowest BCUT2D eigenvalue weighted by atomic mass is 10.2. The molecule has 1 rings (SSSR count). The molecule has 1 atom stereocenters. The molecule has 0 aliphatic carbocycles. The molecule has 1 aromatic heterocycles. The number of thioether (sulfide) groups is 1. The number of hydrogen-bond donors (Lipinski definition) is 2. The van der Waals surface area contributed by atoms with E-state index in [2.05, 4.69) is 35.5 Å². The van der Waals surface area contributed by atoms with Crippen molar-refractivity contribution in [2.24, 2.45) is 5.84 Å². The van der Waals surface area contributed by atoms with Gasteiger partial charge in [-0.05, 0) is 24.8 Å². The average molecular weight is 240 g/mol. The number of rotatable bonds is 6. The molecule has 1 heterocycles. The van der Waals surface area contributed by atoms with Crippen molar-refractivity contribution in [3.8, 4) is 0 Å². The van der Waals surface area contributed by atoms with E-state index >= 15 is 0 Å². The Morgan fingerprint density at radius 2 is 2.31 bits per heavy atom. The summed E-state index contributed by atoms with van der Waals surface area (Å²) in [6.07, 6.45) is 3.24. The summed E-state index contributed by atoms with van der Waals surface area (Å²) in [6.45, 7) is 2.20. The Hall–Kier alpha value is -0.940. The fraction of sp³-hybridized carbons (Fsp3) is 0.545. The molecule has 4 nitrogen and oxygen atoms in total. The van der Waals surface area contributed by atoms with Crippen molar-refractivity contribution in [3.63, 3.8) is 0 Å². The molecule has 90 valence electrons. The van der Waals surface area contributed by atoms with Gasteiger partial charge in [-0.1, -0.05) is 13.0 Å². The van der Waals surface area contributed by atoms with Gasteiger partial charge in [0.1, 0.15) is 11.6 Å². The summed E-state index contributed by atoms with van der Waals surface area (Å²) in [6, 6.07) is 6.33. The molecule has 0 aromatic carbocycles. The van der Waals surface area contributed by atoms with Gasteiger partial charge in [0.05, 0.1) is 0 Å². The van der Waals surface area contributed by atoms with Crippen molar-refractivity contribution in [2.75, 3.05) is 29.4 Å². The van der Waals surface area contributed by atoms with E-state index in [0.717, 1.165) is 18.0 Å². The summed E-state index contributed by atoms with van der Waals surface area (Å²) >= 11 is 1.86. The standard InChI is InChI=1S/C11H20N4S/c1-4-9(8-16-3)15(2)11-7-5-6-10(13-11)14-12/h5-7,9H,4,8,12H2,1-3H3,(H,13,14). The molecule has 0 amide bonds. The molecule has 0 fully saturated rings. The van der Waals surface area contributed by atoms with E-state index in [-0.39, 0.29) is 0 Å². The van der Waals surface area contributed by atoms with Crippen LogP contribution in [0.15, 0.2) is 18.2 Å². The van der Waals surface area contributed by atoms with Crippen molar-refractivity contribution >= 4 is 23.4 Å². The summed E-state index contributed by atoms with van der Waals surface area (Å²) in [5, 5.41) is 0. The normalized spacial score (nSPS) is 12.2. The maximum atomic E-state index is 5.35. The first-order chi connectivity index (χ1) is 7.72. The molecule has 0 spiro atoms. The number of nitrogen functional groups attached to an aromatic ring is 1. The number of nitrogens with one attached hydrogen (secondary N) is 1. The SMILES string of the molecule is CCC(CSC)N(C)c1cccc(NN)n1. The smallest absolute Gasteiger partial charge is 0.142 e. The molecular formula is C11H20N4S. The van der Waals surface area contributed by atoms with Crippen LogP contribution in [-0.2, 0) is 0 Å². The fourth-order valence-corrected chi connectivity index (χ4v) is 2.43. The third-order valence-electron chi connectivity index (χ3n) is 2.62. The van der Waals surface area contributed by atoms with Gasteiger partial charge >= 0.3 is 0 Å². The lowest BCUT2D eigenvalue weighted by Gasteiger charge is -2.27. The van der Waals surface area contributed by atoms with Gasteiger partial charge in [0.25, 0.3) is 0 Å². The Morgan fingerprint density at radius 1 is 1.56 bits per heavy atom. The molecule has 0 aliphatic heterocycles. The predicted octanol–water partition coefficient (Wildman–Crippen LogP) is 1.95. The van der Waals surface area contributed by atoms with Crippen LogP contribution >= 0.6 is 11.8 Å². The van der Waals surface area contributed by atoms with Crippen LogP contribution in [0, 0.1) is 0 Å². The Labute approximate surface area is 102 Å². The van der Waals surface area contributed by atoms with Crippen molar-refractivity contribution < 1.29 is 0 Å². The van der Waals surface area contributed by atoms with Crippen LogP contribution in [0.25, 0.3) is 0 Å². The lowest BCUT2D eigenvalue weighted by Crippen LogP contribution is -2.33. The minimum atomic E-state index is 0.510. The number of aromatic nitrogens is 1. The van der Waals surface area contributed by atoms with Gasteiger partial charge in [0.15, 0.2) is 0 Å². The van der Waals surface area contributed by atoms with E-state index in [1.54, 1.807) is 0 Å². The van der Waals surface area contributed by atoms with E-state index in [0.29, 0.717) is 11.9 Å². The van der Waals surface area contributed by atoms with E-state index in [1.165, 1.54) is 0 Å². The monoisotopic (exact) mass is 240 g/mol. The number of hydrogen-bond acceptors (Lipinski definition) is 5. The minimum Gasteiger partial charge on any atom is -0.356 e. The minimum absolute atomic E-state index is 0.510. The van der Waals surface area contributed by atoms with Gasteiger partial charge in [-0.2, -0.15) is 11.8 Å². The van der Waals surface area contributed by atoms with E-state index in [9.17, 15) is 0 Å². The van der Waals surface area contributed by atoms with Crippen LogP contribution in [0.1, 0.15) is 13.3 Å². The van der Waals surface area contributed by atoms with E-state index in [1.807, 2.05) is 30.0 Å². The highest BCUT2D eigenvalue weighted by Gasteiger charge is 2.13. The van der Waals surface area contributed by atoms with Crippen LogP contribution in [0.3, 0.4) is 0 Å². The first kappa shape index (κ1) is 13.1. The van der Waals surface area contributed by atoms with Crippen LogP contribution in [-0.4, -0.2) is 30.1 Å². The summed E-state index contributed by atoms with van der Waals surface area (Å²) in [5.74, 6) is 8.11. The summed E-state index contributed by atoms with van der Waals surface area (Å²) < 4.78 is 0. The van der Waals surface area contributed by atoms with Crippen molar-refractivity contribution in [2.45, 2.75) is 19.4 Å². The topological polar surface area (TPSA) is 54.2 Å². The molecule has 0 saturated heterocycles. The van der Waals surface area contributed by atoms with Crippen molar-refractivity contribution in [1.82, 2.24) is 4.98 Å². The second kappa shape index (κ2) is 6.60. The highest BCUT2D eigenvalue weighted by atomic mass is 32.2. The van der Waals surface area contributed by atoms with Gasteiger partial charge in [-0.25, -0.2) is 10.8 Å². The maximum Gasteiger partial charge on any atom is 0.142 e. The zero-order chi connectivity index (χ0) is 12.0. The fourth-order valence-electron chi connectivity index (χ4n) is 1.58. The molecule has 16 heavy (non-hydrogen) atoms. The molecule has 1 aromatic rings. The number of pyridine rings is 1. The summed E-state index contributed by atoms with van der Waals surface area (Å²) in [7, 11) is 2.08. The summed E-state index contributed by atoms with van der Waals surface area (Å²) in [5.41, 5.74) is 2.57. The highest BCUT2D eigenvalue weighted by Crippen LogP contribution is 2.18. The molecule has 0 saturated carbocycles. The second-order valence-electron chi connectivity index (χ2n) is 3.65. The second-order valence-corrected chi connectivity index (χ2v) is 4.56. The highest BCUT2D eigenvalue weighted by molar-refractivity contribution is 7.98. The van der Waals surface area contributed by atoms with Crippen LogP contribution < -0.4 is 16.2 Å². The maximum absolute atomic E-state index is 5.35. The third kappa shape index (κ3) is 3.28. The molecule has 0 radical (unpaired) electrons. The lowest BCUT2D eigenvalue weighted by molar-refractivity contribution is 0.666. The Balaban J connectivity index is 2.80. The van der Waals surface area contributed by atoms with Crippen molar-refractivity contribution in [1.29, 1.82) is 0 Å². The molecule has 0 bridgehead atoms. The number of nitrogens with zero attached hydrogens (tertiary/aromatic N) is 2. The molecule has 0 aliphatic rings. The van der Waals surface area contributed by atoms with Gasteiger partial charge in [-0.3, -0.25) is 0 Å². The van der Waals surface area contributed by atoms with Crippen LogP contribution in [0.5, 0.6) is 0 Å². The van der Waals surface area contributed by atoms with Crippen LogP contribution in [0.2, 0.25) is 0 Å². The zero-order valence-corrected chi connectivity index (χ0v) is 10.9. The van der Waals surface area contributed by atoms with Gasteiger partial charge in [0.2, 0.25) is 0 Å². The molecule has 5 heteroatoms. The molecular weight excluding hydrogens is 220 g/mol. The quantitative estimate of drug-likeness (QED) is 0.588. The number of nitrogens with two attached hydrogens (primary N) is 1. The third-order valence-corrected chi connectivity index (χ3v) is 3.34. The Kier molecular flexibility index (Phi) is 5.42. The van der Waals surface area contributed by atoms with Gasteiger partial charge in [0, 0.05) is 18.8 Å². The van der Waals surface area contributed by atoms with Crippen LogP contribution in [0.4, 0.5) is 11.6 Å². The first-order valence-electron chi connectivity index (χ1n) is 5.38. The van der Waals surface area contributed by atoms with E-state index in [4.69, 9.17) is 5.84 Å².